The number of fused-ring (bicyclic) bond motifs is 1. The minimum Gasteiger partial charge on any atom is -0.318 e. The summed E-state index contributed by atoms with van der Waals surface area (Å²) in [6.45, 7) is 1.72. The number of carbonyl (C=O) groups is 1. The summed E-state index contributed by atoms with van der Waals surface area (Å²) in [5, 5.41) is 10.5. The Morgan fingerprint density at radius 1 is 1.56 bits per heavy atom. The number of aromatic nitrogens is 2. The molecule has 2 aromatic rings. The predicted octanol–water partition coefficient (Wildman–Crippen LogP) is 1.19. The van der Waals surface area contributed by atoms with Crippen molar-refractivity contribution in [3.8, 4) is 6.19 Å². The van der Waals surface area contributed by atoms with Crippen LogP contribution < -0.4 is 5.32 Å². The average Bonchev–Trinajstić information content (AvgIpc) is 2.72. The number of amides is 1. The highest BCUT2D eigenvalue weighted by atomic mass is 16.2. The first kappa shape index (κ1) is 10.2. The molecule has 1 heterocycles. The monoisotopic (exact) mass is 214 g/mol. The quantitative estimate of drug-likeness (QED) is 0.603. The second kappa shape index (κ2) is 4.03. The molecule has 80 valence electrons. The molecular weight excluding hydrogens is 204 g/mol. The van der Waals surface area contributed by atoms with Gasteiger partial charge in [-0.3, -0.25) is 10.1 Å². The Kier molecular flexibility index (Phi) is 2.56. The summed E-state index contributed by atoms with van der Waals surface area (Å²) in [6, 6.07) is 7.08. The molecule has 0 aliphatic heterocycles. The number of hydrogen-bond donors (Lipinski definition) is 1. The maximum atomic E-state index is 11.5. The Labute approximate surface area is 92.3 Å². The summed E-state index contributed by atoms with van der Waals surface area (Å²) in [5.74, 6) is -0.342. The fourth-order valence-corrected chi connectivity index (χ4v) is 1.57. The van der Waals surface area contributed by atoms with Crippen LogP contribution in [0.15, 0.2) is 30.6 Å². The first-order chi connectivity index (χ1) is 7.74. The van der Waals surface area contributed by atoms with Crippen molar-refractivity contribution in [2.24, 2.45) is 0 Å². The Morgan fingerprint density at radius 2 is 2.31 bits per heavy atom. The van der Waals surface area contributed by atoms with Gasteiger partial charge in [0.25, 0.3) is 5.91 Å². The number of carbonyl (C=O) groups excluding carboxylic acids is 1. The summed E-state index contributed by atoms with van der Waals surface area (Å²) in [4.78, 5) is 15.7. The van der Waals surface area contributed by atoms with Gasteiger partial charge in [0.15, 0.2) is 6.19 Å². The summed E-state index contributed by atoms with van der Waals surface area (Å²) in [6.07, 6.45) is 3.23. The summed E-state index contributed by atoms with van der Waals surface area (Å²) >= 11 is 0. The summed E-state index contributed by atoms with van der Waals surface area (Å²) in [5.41, 5.74) is 1.71. The van der Waals surface area contributed by atoms with E-state index in [9.17, 15) is 4.79 Å². The van der Waals surface area contributed by atoms with Crippen LogP contribution in [0.1, 0.15) is 13.0 Å². The van der Waals surface area contributed by atoms with Crippen LogP contribution in [0.2, 0.25) is 0 Å². The van der Waals surface area contributed by atoms with E-state index in [-0.39, 0.29) is 5.91 Å². The minimum atomic E-state index is -0.452. The molecule has 0 aliphatic carbocycles. The topological polar surface area (TPSA) is 70.7 Å². The lowest BCUT2D eigenvalue weighted by atomic mass is 10.2. The molecule has 2 rings (SSSR count). The molecule has 1 aromatic carbocycles. The molecule has 1 unspecified atom stereocenters. The molecule has 0 bridgehead atoms. The molecule has 0 radical (unpaired) electrons. The number of nitrogens with one attached hydrogen (secondary N) is 1. The fourth-order valence-electron chi connectivity index (χ4n) is 1.57. The molecule has 1 aromatic heterocycles. The van der Waals surface area contributed by atoms with Gasteiger partial charge >= 0.3 is 0 Å². The van der Waals surface area contributed by atoms with Gasteiger partial charge in [-0.2, -0.15) is 5.26 Å². The molecule has 0 spiro atoms. The Bertz CT molecular complexity index is 567. The molecule has 0 fully saturated rings. The predicted molar refractivity (Wildman–Crippen MR) is 58.2 cm³/mol. The molecule has 5 heteroatoms. The lowest BCUT2D eigenvalue weighted by molar-refractivity contribution is -0.122. The highest BCUT2D eigenvalue weighted by molar-refractivity contribution is 5.84. The molecule has 5 nitrogen and oxygen atoms in total. The standard InChI is InChI=1S/C11H10N4O/c1-8(11(16)13-6-12)15-7-14-9-4-2-3-5-10(9)15/h2-5,7-8H,1H3,(H,13,16). The second-order valence-corrected chi connectivity index (χ2v) is 3.42. The molecular formula is C11H10N4O. The maximum absolute atomic E-state index is 11.5. The van der Waals surface area contributed by atoms with E-state index < -0.39 is 6.04 Å². The van der Waals surface area contributed by atoms with E-state index in [1.807, 2.05) is 24.3 Å². The van der Waals surface area contributed by atoms with Gasteiger partial charge in [0.1, 0.15) is 6.04 Å². The Hall–Kier alpha value is -2.35. The van der Waals surface area contributed by atoms with Crippen LogP contribution in [-0.4, -0.2) is 15.5 Å². The number of para-hydroxylation sites is 2. The van der Waals surface area contributed by atoms with Gasteiger partial charge in [-0.1, -0.05) is 12.1 Å². The number of rotatable bonds is 2. The lowest BCUT2D eigenvalue weighted by Gasteiger charge is -2.11. The summed E-state index contributed by atoms with van der Waals surface area (Å²) in [7, 11) is 0. The first-order valence-electron chi connectivity index (χ1n) is 4.84. The Morgan fingerprint density at radius 3 is 3.06 bits per heavy atom. The van der Waals surface area contributed by atoms with Crippen LogP contribution in [0.25, 0.3) is 11.0 Å². The molecule has 16 heavy (non-hydrogen) atoms. The van der Waals surface area contributed by atoms with E-state index in [0.717, 1.165) is 11.0 Å². The molecule has 0 saturated heterocycles. The van der Waals surface area contributed by atoms with E-state index in [2.05, 4.69) is 10.3 Å². The van der Waals surface area contributed by atoms with Gasteiger partial charge < -0.3 is 4.57 Å². The normalized spacial score (nSPS) is 12.0. The fraction of sp³-hybridized carbons (Fsp3) is 0.182. The van der Waals surface area contributed by atoms with Crippen molar-refractivity contribution in [2.75, 3.05) is 0 Å². The third-order valence-corrected chi connectivity index (χ3v) is 2.46. The molecule has 1 atom stereocenters. The van der Waals surface area contributed by atoms with Crippen molar-refractivity contribution < 1.29 is 4.79 Å². The zero-order valence-electron chi connectivity index (χ0n) is 8.71. The van der Waals surface area contributed by atoms with Gasteiger partial charge in [0.2, 0.25) is 0 Å². The van der Waals surface area contributed by atoms with Crippen molar-refractivity contribution in [2.45, 2.75) is 13.0 Å². The van der Waals surface area contributed by atoms with E-state index in [4.69, 9.17) is 5.26 Å². The van der Waals surface area contributed by atoms with E-state index in [1.165, 1.54) is 0 Å². The van der Waals surface area contributed by atoms with Crippen LogP contribution >= 0.6 is 0 Å². The van der Waals surface area contributed by atoms with Gasteiger partial charge in [-0.15, -0.1) is 0 Å². The number of hydrogen-bond acceptors (Lipinski definition) is 3. The molecule has 0 aliphatic rings. The van der Waals surface area contributed by atoms with Crippen molar-refractivity contribution in [3.05, 3.63) is 30.6 Å². The smallest absolute Gasteiger partial charge is 0.255 e. The summed E-state index contributed by atoms with van der Waals surface area (Å²) < 4.78 is 1.74. The molecule has 1 amide bonds. The highest BCUT2D eigenvalue weighted by Gasteiger charge is 2.16. The van der Waals surface area contributed by atoms with E-state index in [0.29, 0.717) is 0 Å². The van der Waals surface area contributed by atoms with Gasteiger partial charge in [-0.25, -0.2) is 4.98 Å². The van der Waals surface area contributed by atoms with Gasteiger partial charge in [0.05, 0.1) is 17.4 Å². The zero-order valence-corrected chi connectivity index (χ0v) is 8.71. The van der Waals surface area contributed by atoms with Gasteiger partial charge in [0, 0.05) is 0 Å². The SMILES string of the molecule is CC(C(=O)NC#N)n1cnc2ccccc21. The number of imidazole rings is 1. The zero-order chi connectivity index (χ0) is 11.5. The van der Waals surface area contributed by atoms with Crippen molar-refractivity contribution in [1.29, 1.82) is 5.26 Å². The number of nitrogens with zero attached hydrogens (tertiary/aromatic N) is 3. The second-order valence-electron chi connectivity index (χ2n) is 3.42. The van der Waals surface area contributed by atoms with E-state index >= 15 is 0 Å². The van der Waals surface area contributed by atoms with Crippen LogP contribution in [0.3, 0.4) is 0 Å². The number of benzene rings is 1. The van der Waals surface area contributed by atoms with Crippen LogP contribution in [-0.2, 0) is 4.79 Å². The highest BCUT2D eigenvalue weighted by Crippen LogP contribution is 2.16. The first-order valence-corrected chi connectivity index (χ1v) is 4.84. The molecule has 0 saturated carbocycles. The van der Waals surface area contributed by atoms with Crippen molar-refractivity contribution in [3.63, 3.8) is 0 Å². The Balaban J connectivity index is 2.41. The maximum Gasteiger partial charge on any atom is 0.255 e. The van der Waals surface area contributed by atoms with Crippen molar-refractivity contribution in [1.82, 2.24) is 14.9 Å². The van der Waals surface area contributed by atoms with Crippen LogP contribution in [0.5, 0.6) is 0 Å². The number of nitriles is 1. The molecule has 1 N–H and O–H groups in total. The van der Waals surface area contributed by atoms with Gasteiger partial charge in [-0.05, 0) is 19.1 Å². The van der Waals surface area contributed by atoms with Crippen LogP contribution in [0, 0.1) is 11.5 Å². The van der Waals surface area contributed by atoms with Crippen LogP contribution in [0.4, 0.5) is 0 Å². The minimum absolute atomic E-state index is 0.342. The largest absolute Gasteiger partial charge is 0.318 e. The van der Waals surface area contributed by atoms with Crippen molar-refractivity contribution >= 4 is 16.9 Å². The third-order valence-electron chi connectivity index (χ3n) is 2.46. The third kappa shape index (κ3) is 1.61. The average molecular weight is 214 g/mol. The lowest BCUT2D eigenvalue weighted by Crippen LogP contribution is -2.26. The van der Waals surface area contributed by atoms with E-state index in [1.54, 1.807) is 24.0 Å².